The van der Waals surface area contributed by atoms with E-state index in [1.165, 1.54) is 0 Å². The highest BCUT2D eigenvalue weighted by atomic mass is 19.4. The largest absolute Gasteiger partial charge is 0.572 e. The van der Waals surface area contributed by atoms with E-state index in [4.69, 9.17) is 0 Å². The summed E-state index contributed by atoms with van der Waals surface area (Å²) in [5.41, 5.74) is 0. The monoisotopic (exact) mass is 130 g/mol. The first-order valence-corrected chi connectivity index (χ1v) is 1.56. The lowest BCUT2D eigenvalue weighted by atomic mass is 11.1. The molecule has 0 aliphatic heterocycles. The van der Waals surface area contributed by atoms with Crippen molar-refractivity contribution in [1.82, 2.24) is 0 Å². The van der Waals surface area contributed by atoms with Gasteiger partial charge >= 0.3 is 6.36 Å². The fourth-order valence-electron chi connectivity index (χ4n) is 0.103. The van der Waals surface area contributed by atoms with Crippen molar-refractivity contribution >= 4 is 0 Å². The Kier molecular flexibility index (Phi) is 2.30. The van der Waals surface area contributed by atoms with E-state index in [2.05, 4.69) is 4.74 Å². The molecular formula is C3H2F4O. The average molecular weight is 130 g/mol. The molecule has 0 amide bonds. The molecule has 0 atom stereocenters. The average Bonchev–Trinajstić information content (AvgIpc) is 1.59. The van der Waals surface area contributed by atoms with Crippen LogP contribution >= 0.6 is 0 Å². The molecule has 0 unspecified atom stereocenters. The summed E-state index contributed by atoms with van der Waals surface area (Å²) in [5.74, 6) is 0. The number of alkyl halides is 3. The van der Waals surface area contributed by atoms with E-state index in [0.29, 0.717) is 0 Å². The smallest absolute Gasteiger partial charge is 0.411 e. The first-order chi connectivity index (χ1) is 3.56. The van der Waals surface area contributed by atoms with Crippen molar-refractivity contribution in [2.75, 3.05) is 0 Å². The standard InChI is InChI=1S/C3H2F4O/c4-1-2-8-3(5,6)7/h1-2H. The molecule has 0 aromatic rings. The molecule has 0 rings (SSSR count). The van der Waals surface area contributed by atoms with Crippen molar-refractivity contribution in [3.8, 4) is 0 Å². The van der Waals surface area contributed by atoms with Gasteiger partial charge in [0.1, 0.15) is 12.6 Å². The normalized spacial score (nSPS) is 12.5. The van der Waals surface area contributed by atoms with Crippen LogP contribution in [-0.4, -0.2) is 6.36 Å². The van der Waals surface area contributed by atoms with Gasteiger partial charge in [-0.1, -0.05) is 0 Å². The second kappa shape index (κ2) is 2.54. The van der Waals surface area contributed by atoms with E-state index in [-0.39, 0.29) is 12.6 Å². The summed E-state index contributed by atoms with van der Waals surface area (Å²) in [5, 5.41) is 0. The summed E-state index contributed by atoms with van der Waals surface area (Å²) < 4.78 is 45.9. The summed E-state index contributed by atoms with van der Waals surface area (Å²) in [4.78, 5) is 0. The molecule has 0 aliphatic carbocycles. The Labute approximate surface area is 42.6 Å². The van der Waals surface area contributed by atoms with Crippen LogP contribution in [0.4, 0.5) is 17.6 Å². The molecule has 0 saturated heterocycles. The molecule has 48 valence electrons. The fraction of sp³-hybridized carbons (Fsp3) is 0.333. The molecule has 0 N–H and O–H groups in total. The van der Waals surface area contributed by atoms with Gasteiger partial charge < -0.3 is 4.74 Å². The molecule has 1 nitrogen and oxygen atoms in total. The molecule has 0 heterocycles. The molecule has 0 spiro atoms. The summed E-state index contributed by atoms with van der Waals surface area (Å²) in [7, 11) is 0. The van der Waals surface area contributed by atoms with Gasteiger partial charge in [-0.2, -0.15) is 0 Å². The molecule has 0 saturated carbocycles. The van der Waals surface area contributed by atoms with Crippen LogP contribution in [0.25, 0.3) is 0 Å². The molecule has 0 aromatic heterocycles. The summed E-state index contributed by atoms with van der Waals surface area (Å²) in [6.45, 7) is 0. The van der Waals surface area contributed by atoms with E-state index in [0.717, 1.165) is 0 Å². The lowest BCUT2D eigenvalue weighted by Crippen LogP contribution is -2.07. The van der Waals surface area contributed by atoms with E-state index in [9.17, 15) is 17.6 Å². The number of halogens is 4. The van der Waals surface area contributed by atoms with Gasteiger partial charge in [0, 0.05) is 0 Å². The number of ether oxygens (including phenoxy) is 1. The molecule has 0 bridgehead atoms. The summed E-state index contributed by atoms with van der Waals surface area (Å²) in [6.07, 6.45) is -5.20. The van der Waals surface area contributed by atoms with Crippen molar-refractivity contribution < 1.29 is 22.3 Å². The van der Waals surface area contributed by atoms with Crippen LogP contribution in [0.1, 0.15) is 0 Å². The van der Waals surface area contributed by atoms with Crippen LogP contribution in [-0.2, 0) is 4.74 Å². The Morgan fingerprint density at radius 1 is 1.25 bits per heavy atom. The highest BCUT2D eigenvalue weighted by molar-refractivity contribution is 4.57. The van der Waals surface area contributed by atoms with Crippen molar-refractivity contribution in [1.29, 1.82) is 0 Å². The zero-order valence-corrected chi connectivity index (χ0v) is 3.57. The van der Waals surface area contributed by atoms with Gasteiger partial charge in [0.25, 0.3) is 0 Å². The quantitative estimate of drug-likeness (QED) is 0.389. The maximum absolute atomic E-state index is 10.8. The third-order valence-electron chi connectivity index (χ3n) is 0.253. The highest BCUT2D eigenvalue weighted by Crippen LogP contribution is 2.15. The molecule has 8 heavy (non-hydrogen) atoms. The van der Waals surface area contributed by atoms with Gasteiger partial charge in [0.2, 0.25) is 0 Å². The minimum Gasteiger partial charge on any atom is -0.411 e. The topological polar surface area (TPSA) is 9.23 Å². The van der Waals surface area contributed by atoms with E-state index in [1.54, 1.807) is 0 Å². The van der Waals surface area contributed by atoms with E-state index < -0.39 is 6.36 Å². The second-order valence-electron chi connectivity index (χ2n) is 0.826. The predicted octanol–water partition coefficient (Wildman–Crippen LogP) is 1.96. The van der Waals surface area contributed by atoms with Crippen LogP contribution in [0.15, 0.2) is 12.6 Å². The van der Waals surface area contributed by atoms with Crippen LogP contribution in [0.3, 0.4) is 0 Å². The Bertz CT molecular complexity index is 83.8. The summed E-state index contributed by atoms with van der Waals surface area (Å²) in [6, 6.07) is 0. The van der Waals surface area contributed by atoms with Crippen molar-refractivity contribution in [2.45, 2.75) is 6.36 Å². The van der Waals surface area contributed by atoms with Gasteiger partial charge in [-0.05, 0) is 0 Å². The Hall–Kier alpha value is -0.740. The minimum atomic E-state index is -4.78. The molecular weight excluding hydrogens is 128 g/mol. The molecule has 0 radical (unpaired) electrons. The Balaban J connectivity index is 3.39. The first-order valence-electron chi connectivity index (χ1n) is 1.56. The van der Waals surface area contributed by atoms with Crippen LogP contribution in [0, 0.1) is 0 Å². The van der Waals surface area contributed by atoms with Gasteiger partial charge in [0.15, 0.2) is 0 Å². The first kappa shape index (κ1) is 7.26. The maximum Gasteiger partial charge on any atom is 0.572 e. The van der Waals surface area contributed by atoms with Crippen LogP contribution < -0.4 is 0 Å². The molecule has 0 fully saturated rings. The van der Waals surface area contributed by atoms with Gasteiger partial charge in [-0.25, -0.2) is 4.39 Å². The van der Waals surface area contributed by atoms with Crippen molar-refractivity contribution in [2.24, 2.45) is 0 Å². The molecule has 0 aliphatic rings. The fourth-order valence-corrected chi connectivity index (χ4v) is 0.103. The highest BCUT2D eigenvalue weighted by Gasteiger charge is 2.28. The molecule has 0 aromatic carbocycles. The third kappa shape index (κ3) is 5.26. The van der Waals surface area contributed by atoms with Crippen molar-refractivity contribution in [3.05, 3.63) is 12.6 Å². The lowest BCUT2D eigenvalue weighted by molar-refractivity contribution is -0.298. The second-order valence-corrected chi connectivity index (χ2v) is 0.826. The van der Waals surface area contributed by atoms with Gasteiger partial charge in [-0.3, -0.25) is 0 Å². The summed E-state index contributed by atoms with van der Waals surface area (Å²) >= 11 is 0. The number of hydrogen-bond acceptors (Lipinski definition) is 1. The zero-order valence-electron chi connectivity index (χ0n) is 3.57. The van der Waals surface area contributed by atoms with E-state index >= 15 is 0 Å². The molecule has 5 heteroatoms. The number of hydrogen-bond donors (Lipinski definition) is 0. The predicted molar refractivity (Wildman–Crippen MR) is 17.4 cm³/mol. The van der Waals surface area contributed by atoms with E-state index in [1.807, 2.05) is 0 Å². The Morgan fingerprint density at radius 3 is 1.88 bits per heavy atom. The third-order valence-corrected chi connectivity index (χ3v) is 0.253. The Morgan fingerprint density at radius 2 is 1.75 bits per heavy atom. The number of rotatable bonds is 1. The van der Waals surface area contributed by atoms with Gasteiger partial charge in [-0.15, -0.1) is 13.2 Å². The SMILES string of the molecule is FC=COC(F)(F)F. The lowest BCUT2D eigenvalue weighted by Gasteiger charge is -2.00. The van der Waals surface area contributed by atoms with Crippen LogP contribution in [0.5, 0.6) is 0 Å². The van der Waals surface area contributed by atoms with Crippen LogP contribution in [0.2, 0.25) is 0 Å². The maximum atomic E-state index is 10.8. The minimum absolute atomic E-state index is 0.0833. The zero-order chi connectivity index (χ0) is 6.62. The van der Waals surface area contributed by atoms with Crippen molar-refractivity contribution in [3.63, 3.8) is 0 Å². The van der Waals surface area contributed by atoms with Gasteiger partial charge in [0.05, 0.1) is 0 Å².